The first kappa shape index (κ1) is 17.5. The Hall–Kier alpha value is -2.86. The molecule has 2 heterocycles. The third-order valence-electron chi connectivity index (χ3n) is 5.05. The second kappa shape index (κ2) is 7.80. The molecule has 4 rings (SSSR count). The highest BCUT2D eigenvalue weighted by molar-refractivity contribution is 6.40. The Bertz CT molecular complexity index is 838. The largest absolute Gasteiger partial charge is 0.497 e. The van der Waals surface area contributed by atoms with Crippen LogP contribution in [0.1, 0.15) is 11.1 Å². The van der Waals surface area contributed by atoms with Gasteiger partial charge in [-0.3, -0.25) is 9.69 Å². The van der Waals surface area contributed by atoms with Crippen LogP contribution < -0.4 is 10.1 Å². The minimum Gasteiger partial charge on any atom is -0.497 e. The van der Waals surface area contributed by atoms with E-state index < -0.39 is 0 Å². The number of nitrogens with zero attached hydrogens (tertiary/aromatic N) is 2. The lowest BCUT2D eigenvalue weighted by Crippen LogP contribution is -2.36. The van der Waals surface area contributed by atoms with Crippen LogP contribution in [0.3, 0.4) is 0 Å². The van der Waals surface area contributed by atoms with E-state index in [0.29, 0.717) is 12.3 Å². The zero-order chi connectivity index (χ0) is 18.6. The molecular formula is C21H23N3O3. The number of hydrogen-bond donors (Lipinski definition) is 1. The quantitative estimate of drug-likeness (QED) is 0.852. The number of benzene rings is 2. The van der Waals surface area contributed by atoms with Gasteiger partial charge in [-0.2, -0.15) is 0 Å². The summed E-state index contributed by atoms with van der Waals surface area (Å²) in [6, 6.07) is 17.9. The van der Waals surface area contributed by atoms with Crippen molar-refractivity contribution >= 4 is 11.6 Å². The van der Waals surface area contributed by atoms with Gasteiger partial charge in [0.05, 0.1) is 13.0 Å². The molecule has 0 aliphatic carbocycles. The fraction of sp³-hybridized carbons (Fsp3) is 0.333. The Morgan fingerprint density at radius 1 is 1.19 bits per heavy atom. The second-order valence-electron chi connectivity index (χ2n) is 6.94. The van der Waals surface area contributed by atoms with Crippen LogP contribution in [-0.4, -0.2) is 42.8 Å². The van der Waals surface area contributed by atoms with Gasteiger partial charge in [0.1, 0.15) is 11.9 Å². The fourth-order valence-electron chi connectivity index (χ4n) is 3.65. The molecule has 2 aromatic rings. The van der Waals surface area contributed by atoms with E-state index in [4.69, 9.17) is 9.57 Å². The van der Waals surface area contributed by atoms with Crippen molar-refractivity contribution in [3.05, 3.63) is 65.7 Å². The number of rotatable bonds is 6. The SMILES string of the molecule is COc1cccc(CN2C[C@@H]3C(C(=O)NCc4ccccc4)=NO[C@@H]3C2)c1. The van der Waals surface area contributed by atoms with Crippen LogP contribution in [0, 0.1) is 5.92 Å². The lowest BCUT2D eigenvalue weighted by Gasteiger charge is -2.16. The molecule has 1 amide bonds. The van der Waals surface area contributed by atoms with E-state index in [0.717, 1.165) is 30.9 Å². The van der Waals surface area contributed by atoms with Crippen molar-refractivity contribution in [2.75, 3.05) is 20.2 Å². The molecule has 6 heteroatoms. The van der Waals surface area contributed by atoms with Gasteiger partial charge in [0.25, 0.3) is 5.91 Å². The van der Waals surface area contributed by atoms with Gasteiger partial charge in [0.2, 0.25) is 0 Å². The topological polar surface area (TPSA) is 63.2 Å². The molecular weight excluding hydrogens is 342 g/mol. The molecule has 0 unspecified atom stereocenters. The monoisotopic (exact) mass is 365 g/mol. The van der Waals surface area contributed by atoms with Crippen molar-refractivity contribution in [1.29, 1.82) is 0 Å². The summed E-state index contributed by atoms with van der Waals surface area (Å²) >= 11 is 0. The number of ether oxygens (including phenoxy) is 1. The van der Waals surface area contributed by atoms with Gasteiger partial charge in [-0.05, 0) is 23.3 Å². The number of amides is 1. The van der Waals surface area contributed by atoms with E-state index in [-0.39, 0.29) is 17.9 Å². The van der Waals surface area contributed by atoms with Crippen LogP contribution in [0.5, 0.6) is 5.75 Å². The van der Waals surface area contributed by atoms with Crippen LogP contribution in [0.15, 0.2) is 59.8 Å². The molecule has 2 aliphatic heterocycles. The Kier molecular flexibility index (Phi) is 5.07. The molecule has 1 fully saturated rings. The second-order valence-corrected chi connectivity index (χ2v) is 6.94. The standard InChI is InChI=1S/C21H23N3O3/c1-26-17-9-5-8-16(10-17)12-24-13-18-19(14-24)27-23-20(18)21(25)22-11-15-6-3-2-4-7-15/h2-10,18-19H,11-14H2,1H3,(H,22,25)/t18-,19+/m0/s1. The van der Waals surface area contributed by atoms with E-state index in [1.54, 1.807) is 7.11 Å². The molecule has 2 aromatic carbocycles. The number of methoxy groups -OCH3 is 1. The Morgan fingerprint density at radius 2 is 2.00 bits per heavy atom. The first-order chi connectivity index (χ1) is 13.2. The molecule has 1 N–H and O–H groups in total. The van der Waals surface area contributed by atoms with Gasteiger partial charge in [-0.25, -0.2) is 0 Å². The third-order valence-corrected chi connectivity index (χ3v) is 5.05. The highest BCUT2D eigenvalue weighted by Gasteiger charge is 2.44. The van der Waals surface area contributed by atoms with Gasteiger partial charge in [-0.1, -0.05) is 47.6 Å². The summed E-state index contributed by atoms with van der Waals surface area (Å²) in [5, 5.41) is 7.01. The molecule has 0 saturated carbocycles. The summed E-state index contributed by atoms with van der Waals surface area (Å²) in [4.78, 5) is 20.4. The van der Waals surface area contributed by atoms with Crippen molar-refractivity contribution in [3.63, 3.8) is 0 Å². The summed E-state index contributed by atoms with van der Waals surface area (Å²) in [7, 11) is 1.67. The smallest absolute Gasteiger partial charge is 0.269 e. The number of carbonyl (C=O) groups is 1. The zero-order valence-electron chi connectivity index (χ0n) is 15.3. The summed E-state index contributed by atoms with van der Waals surface area (Å²) in [5.74, 6) is 0.728. The van der Waals surface area contributed by atoms with Crippen LogP contribution in [0.25, 0.3) is 0 Å². The molecule has 0 aromatic heterocycles. The van der Waals surface area contributed by atoms with Crippen LogP contribution in [-0.2, 0) is 22.7 Å². The summed E-state index contributed by atoms with van der Waals surface area (Å²) in [6.07, 6.45) is -0.0481. The maximum Gasteiger partial charge on any atom is 0.269 e. The lowest BCUT2D eigenvalue weighted by molar-refractivity contribution is -0.115. The highest BCUT2D eigenvalue weighted by Crippen LogP contribution is 2.28. The van der Waals surface area contributed by atoms with Crippen LogP contribution >= 0.6 is 0 Å². The fourth-order valence-corrected chi connectivity index (χ4v) is 3.65. The average molecular weight is 365 g/mol. The maximum atomic E-state index is 12.6. The third kappa shape index (κ3) is 3.95. The number of nitrogens with one attached hydrogen (secondary N) is 1. The lowest BCUT2D eigenvalue weighted by atomic mass is 10.0. The van der Waals surface area contributed by atoms with Crippen molar-refractivity contribution < 1.29 is 14.4 Å². The number of fused-ring (bicyclic) bond motifs is 1. The zero-order valence-corrected chi connectivity index (χ0v) is 15.3. The van der Waals surface area contributed by atoms with Crippen molar-refractivity contribution in [1.82, 2.24) is 10.2 Å². The minimum absolute atomic E-state index is 0.0198. The number of carbonyl (C=O) groups excluding carboxylic acids is 1. The summed E-state index contributed by atoms with van der Waals surface area (Å²) < 4.78 is 5.29. The van der Waals surface area contributed by atoms with E-state index in [9.17, 15) is 4.79 Å². The summed E-state index contributed by atoms with van der Waals surface area (Å²) in [6.45, 7) is 2.82. The minimum atomic E-state index is -0.144. The van der Waals surface area contributed by atoms with Crippen molar-refractivity contribution in [2.45, 2.75) is 19.2 Å². The van der Waals surface area contributed by atoms with E-state index in [1.165, 1.54) is 5.56 Å². The molecule has 0 bridgehead atoms. The highest BCUT2D eigenvalue weighted by atomic mass is 16.6. The Morgan fingerprint density at radius 3 is 2.81 bits per heavy atom. The number of oxime groups is 1. The first-order valence-electron chi connectivity index (χ1n) is 9.14. The molecule has 2 atom stereocenters. The molecule has 6 nitrogen and oxygen atoms in total. The van der Waals surface area contributed by atoms with Crippen LogP contribution in [0.2, 0.25) is 0 Å². The maximum absolute atomic E-state index is 12.6. The van der Waals surface area contributed by atoms with E-state index >= 15 is 0 Å². The van der Waals surface area contributed by atoms with Crippen molar-refractivity contribution in [3.8, 4) is 5.75 Å². The predicted octanol–water partition coefficient (Wildman–Crippen LogP) is 2.20. The Balaban J connectivity index is 1.34. The molecule has 1 saturated heterocycles. The molecule has 27 heavy (non-hydrogen) atoms. The number of hydrogen-bond acceptors (Lipinski definition) is 5. The van der Waals surface area contributed by atoms with Crippen molar-refractivity contribution in [2.24, 2.45) is 11.1 Å². The van der Waals surface area contributed by atoms with Gasteiger partial charge in [-0.15, -0.1) is 0 Å². The average Bonchev–Trinajstić information content (AvgIpc) is 3.27. The van der Waals surface area contributed by atoms with E-state index in [2.05, 4.69) is 21.4 Å². The predicted molar refractivity (Wildman–Crippen MR) is 102 cm³/mol. The van der Waals surface area contributed by atoms with Gasteiger partial charge in [0.15, 0.2) is 5.71 Å². The van der Waals surface area contributed by atoms with Crippen LogP contribution in [0.4, 0.5) is 0 Å². The molecule has 0 spiro atoms. The Labute approximate surface area is 158 Å². The molecule has 2 aliphatic rings. The van der Waals surface area contributed by atoms with Gasteiger partial charge >= 0.3 is 0 Å². The molecule has 140 valence electrons. The normalized spacial score (nSPS) is 21.3. The molecule has 0 radical (unpaired) electrons. The first-order valence-corrected chi connectivity index (χ1v) is 9.14. The van der Waals surface area contributed by atoms with Gasteiger partial charge < -0.3 is 14.9 Å². The number of likely N-dealkylation sites (tertiary alicyclic amines) is 1. The van der Waals surface area contributed by atoms with E-state index in [1.807, 2.05) is 48.5 Å². The van der Waals surface area contributed by atoms with Gasteiger partial charge in [0, 0.05) is 26.2 Å². The summed E-state index contributed by atoms with van der Waals surface area (Å²) in [5.41, 5.74) is 2.75.